The molecule has 6 heteroatoms. The molecule has 2 amide bonds. The zero-order chi connectivity index (χ0) is 16.8. The van der Waals surface area contributed by atoms with Gasteiger partial charge in [-0.15, -0.1) is 0 Å². The minimum Gasteiger partial charge on any atom is -0.462 e. The van der Waals surface area contributed by atoms with Crippen LogP contribution in [0.2, 0.25) is 0 Å². The van der Waals surface area contributed by atoms with E-state index in [9.17, 15) is 9.59 Å². The molecule has 1 N–H and O–H groups in total. The summed E-state index contributed by atoms with van der Waals surface area (Å²) in [4.78, 5) is 25.6. The molecule has 1 aromatic rings. The molecule has 23 heavy (non-hydrogen) atoms. The maximum atomic E-state index is 12.1. The van der Waals surface area contributed by atoms with Crippen LogP contribution in [0.25, 0.3) is 6.08 Å². The van der Waals surface area contributed by atoms with Gasteiger partial charge in [0.05, 0.1) is 12.2 Å². The van der Waals surface area contributed by atoms with Crippen molar-refractivity contribution in [3.8, 4) is 0 Å². The number of morpholine rings is 1. The van der Waals surface area contributed by atoms with Gasteiger partial charge in [0.25, 0.3) is 0 Å². The van der Waals surface area contributed by atoms with Gasteiger partial charge in [-0.2, -0.15) is 0 Å². The summed E-state index contributed by atoms with van der Waals surface area (Å²) >= 11 is 0. The molecular formula is C17H24N2O4. The van der Waals surface area contributed by atoms with E-state index in [0.717, 1.165) is 5.76 Å². The molecule has 0 aliphatic carbocycles. The number of carbonyl (C=O) groups excluding carboxylic acids is 2. The molecule has 0 saturated carbocycles. The highest BCUT2D eigenvalue weighted by Crippen LogP contribution is 2.11. The van der Waals surface area contributed by atoms with Crippen molar-refractivity contribution in [2.24, 2.45) is 0 Å². The van der Waals surface area contributed by atoms with Gasteiger partial charge in [0.2, 0.25) is 11.8 Å². The Morgan fingerprint density at radius 1 is 1.30 bits per heavy atom. The van der Waals surface area contributed by atoms with Crippen LogP contribution in [0.4, 0.5) is 0 Å². The molecule has 0 radical (unpaired) electrons. The van der Waals surface area contributed by atoms with Crippen LogP contribution in [0.3, 0.4) is 0 Å². The first-order chi connectivity index (χ1) is 10.9. The summed E-state index contributed by atoms with van der Waals surface area (Å²) in [5.41, 5.74) is 0. The molecule has 1 saturated heterocycles. The molecule has 6 nitrogen and oxygen atoms in total. The molecule has 0 bridgehead atoms. The zero-order valence-electron chi connectivity index (χ0n) is 13.9. The summed E-state index contributed by atoms with van der Waals surface area (Å²) in [6.45, 7) is 7.29. The average Bonchev–Trinajstić information content (AvgIpc) is 2.89. The average molecular weight is 320 g/mol. The lowest BCUT2D eigenvalue weighted by atomic mass is 10.2. The molecule has 1 fully saturated rings. The van der Waals surface area contributed by atoms with Gasteiger partial charge in [0, 0.05) is 32.1 Å². The summed E-state index contributed by atoms with van der Waals surface area (Å²) in [6, 6.07) is 3.63. The van der Waals surface area contributed by atoms with Crippen molar-refractivity contribution < 1.29 is 18.7 Å². The minimum atomic E-state index is -0.240. The number of furan rings is 1. The Morgan fingerprint density at radius 2 is 2.00 bits per heavy atom. The number of rotatable bonds is 5. The largest absolute Gasteiger partial charge is 0.462 e. The highest BCUT2D eigenvalue weighted by atomic mass is 16.5. The second kappa shape index (κ2) is 7.97. The van der Waals surface area contributed by atoms with Crippen LogP contribution >= 0.6 is 0 Å². The summed E-state index contributed by atoms with van der Waals surface area (Å²) in [6.07, 6.45) is 3.41. The Morgan fingerprint density at radius 3 is 2.61 bits per heavy atom. The van der Waals surface area contributed by atoms with Gasteiger partial charge < -0.3 is 19.4 Å². The van der Waals surface area contributed by atoms with Gasteiger partial charge >= 0.3 is 0 Å². The molecule has 1 aromatic heterocycles. The summed E-state index contributed by atoms with van der Waals surface area (Å²) in [5.74, 6) is 1.23. The van der Waals surface area contributed by atoms with Crippen molar-refractivity contribution >= 4 is 17.9 Å². The molecular weight excluding hydrogens is 296 g/mol. The Labute approximate surface area is 136 Å². The number of nitrogens with zero attached hydrogens (tertiary/aromatic N) is 1. The highest BCUT2D eigenvalue weighted by Gasteiger charge is 2.25. The number of hydrogen-bond acceptors (Lipinski definition) is 4. The van der Waals surface area contributed by atoms with E-state index in [1.807, 2.05) is 26.8 Å². The number of hydrogen-bond donors (Lipinski definition) is 1. The predicted octanol–water partition coefficient (Wildman–Crippen LogP) is 1.74. The van der Waals surface area contributed by atoms with E-state index in [0.29, 0.717) is 31.8 Å². The molecule has 1 aliphatic rings. The third-order valence-electron chi connectivity index (χ3n) is 3.57. The van der Waals surface area contributed by atoms with Crippen molar-refractivity contribution in [3.63, 3.8) is 0 Å². The van der Waals surface area contributed by atoms with Crippen LogP contribution in [-0.4, -0.2) is 48.6 Å². The van der Waals surface area contributed by atoms with Crippen LogP contribution in [0.15, 0.2) is 22.6 Å². The quantitative estimate of drug-likeness (QED) is 0.839. The van der Waals surface area contributed by atoms with Crippen molar-refractivity contribution in [2.45, 2.75) is 39.4 Å². The molecule has 0 spiro atoms. The van der Waals surface area contributed by atoms with Crippen LogP contribution < -0.4 is 5.32 Å². The minimum absolute atomic E-state index is 0.0398. The van der Waals surface area contributed by atoms with E-state index in [1.54, 1.807) is 17.0 Å². The Kier molecular flexibility index (Phi) is 5.98. The van der Waals surface area contributed by atoms with E-state index in [2.05, 4.69) is 5.32 Å². The number of aryl methyl sites for hydroxylation is 1. The Bertz CT molecular complexity index is 569. The lowest BCUT2D eigenvalue weighted by Gasteiger charge is -2.35. The first-order valence-electron chi connectivity index (χ1n) is 7.89. The second-order valence-corrected chi connectivity index (χ2v) is 5.88. The lowest BCUT2D eigenvalue weighted by Crippen LogP contribution is -2.48. The number of carbonyl (C=O) groups is 2. The van der Waals surface area contributed by atoms with Crippen molar-refractivity contribution in [2.75, 3.05) is 19.6 Å². The fourth-order valence-electron chi connectivity index (χ4n) is 2.59. The summed E-state index contributed by atoms with van der Waals surface area (Å²) in [5, 5.41) is 2.71. The Hall–Kier alpha value is -2.08. The van der Waals surface area contributed by atoms with Crippen molar-refractivity contribution in [1.29, 1.82) is 0 Å². The third kappa shape index (κ3) is 5.56. The predicted molar refractivity (Wildman–Crippen MR) is 86.7 cm³/mol. The standard InChI is InChI=1S/C17H24N2O4/c1-12-4-5-15(23-12)6-7-16(20)18-9-8-17(21)19-10-13(2)22-14(3)11-19/h4-7,13-14H,8-11H2,1-3H3,(H,18,20)/b7-6+. The lowest BCUT2D eigenvalue weighted by molar-refractivity contribution is -0.143. The monoisotopic (exact) mass is 320 g/mol. The zero-order valence-corrected chi connectivity index (χ0v) is 13.9. The fraction of sp³-hybridized carbons (Fsp3) is 0.529. The first kappa shape index (κ1) is 17.3. The van der Waals surface area contributed by atoms with Crippen LogP contribution in [0.1, 0.15) is 31.8 Å². The number of amides is 2. The molecule has 1 aliphatic heterocycles. The van der Waals surface area contributed by atoms with Crippen LogP contribution in [0.5, 0.6) is 0 Å². The SMILES string of the molecule is Cc1ccc(/C=C/C(=O)NCCC(=O)N2CC(C)OC(C)C2)o1. The molecule has 2 heterocycles. The van der Waals surface area contributed by atoms with Crippen LogP contribution in [-0.2, 0) is 14.3 Å². The van der Waals surface area contributed by atoms with Gasteiger partial charge in [0.1, 0.15) is 11.5 Å². The van der Waals surface area contributed by atoms with Gasteiger partial charge in [0.15, 0.2) is 0 Å². The van der Waals surface area contributed by atoms with Gasteiger partial charge in [-0.05, 0) is 39.0 Å². The maximum absolute atomic E-state index is 12.1. The van der Waals surface area contributed by atoms with Crippen molar-refractivity contribution in [1.82, 2.24) is 10.2 Å². The third-order valence-corrected chi connectivity index (χ3v) is 3.57. The van der Waals surface area contributed by atoms with Crippen molar-refractivity contribution in [3.05, 3.63) is 29.7 Å². The molecule has 2 rings (SSSR count). The topological polar surface area (TPSA) is 71.8 Å². The summed E-state index contributed by atoms with van der Waals surface area (Å²) < 4.78 is 10.9. The highest BCUT2D eigenvalue weighted by molar-refractivity contribution is 5.91. The van der Waals surface area contributed by atoms with E-state index < -0.39 is 0 Å². The van der Waals surface area contributed by atoms with E-state index >= 15 is 0 Å². The summed E-state index contributed by atoms with van der Waals surface area (Å²) in [7, 11) is 0. The molecule has 2 atom stereocenters. The first-order valence-corrected chi connectivity index (χ1v) is 7.89. The number of ether oxygens (including phenoxy) is 1. The normalized spacial score (nSPS) is 21.6. The van der Waals surface area contributed by atoms with Gasteiger partial charge in [-0.1, -0.05) is 0 Å². The fourth-order valence-corrected chi connectivity index (χ4v) is 2.59. The second-order valence-electron chi connectivity index (χ2n) is 5.88. The molecule has 126 valence electrons. The molecule has 0 aromatic carbocycles. The smallest absolute Gasteiger partial charge is 0.244 e. The van der Waals surface area contributed by atoms with Gasteiger partial charge in [-0.3, -0.25) is 9.59 Å². The van der Waals surface area contributed by atoms with E-state index in [4.69, 9.17) is 9.15 Å². The van der Waals surface area contributed by atoms with E-state index in [1.165, 1.54) is 6.08 Å². The van der Waals surface area contributed by atoms with E-state index in [-0.39, 0.29) is 24.0 Å². The Balaban J connectivity index is 1.70. The molecule has 2 unspecified atom stereocenters. The maximum Gasteiger partial charge on any atom is 0.244 e. The van der Waals surface area contributed by atoms with Gasteiger partial charge in [-0.25, -0.2) is 0 Å². The number of nitrogens with one attached hydrogen (secondary N) is 1. The van der Waals surface area contributed by atoms with Crippen LogP contribution in [0, 0.1) is 6.92 Å².